The van der Waals surface area contributed by atoms with Crippen molar-refractivity contribution in [3.63, 3.8) is 0 Å². The first-order valence-corrected chi connectivity index (χ1v) is 2.98. The molecule has 3 heteroatoms. The van der Waals surface area contributed by atoms with Gasteiger partial charge in [0.1, 0.15) is 0 Å². The molecule has 0 aromatic rings. The Morgan fingerprint density at radius 3 is 2.50 bits per heavy atom. The van der Waals surface area contributed by atoms with Crippen LogP contribution in [0.2, 0.25) is 0 Å². The van der Waals surface area contributed by atoms with Gasteiger partial charge in [-0.25, -0.2) is 0 Å². The second kappa shape index (κ2) is 3.50. The fraction of sp³-hybridized carbons (Fsp3) is 0.333. The van der Waals surface area contributed by atoms with Crippen molar-refractivity contribution in [2.24, 2.45) is 0 Å². The fourth-order valence-electron chi connectivity index (χ4n) is 0.0891. The van der Waals surface area contributed by atoms with Gasteiger partial charge in [0.2, 0.25) is 0 Å². The molecule has 0 aromatic heterocycles. The quantitative estimate of drug-likeness (QED) is 0.520. The number of hydrogen-bond acceptors (Lipinski definition) is 1. The van der Waals surface area contributed by atoms with Crippen LogP contribution >= 0.6 is 23.4 Å². The van der Waals surface area contributed by atoms with Gasteiger partial charge in [-0.1, -0.05) is 11.6 Å². The second-order valence-corrected chi connectivity index (χ2v) is 1.71. The molecule has 0 saturated heterocycles. The SMILES string of the molecule is CS/C=C(/F)Cl. The van der Waals surface area contributed by atoms with E-state index in [0.717, 1.165) is 0 Å². The van der Waals surface area contributed by atoms with E-state index in [0.29, 0.717) is 0 Å². The Labute approximate surface area is 45.4 Å². The van der Waals surface area contributed by atoms with Gasteiger partial charge in [-0.3, -0.25) is 0 Å². The highest BCUT2D eigenvalue weighted by Crippen LogP contribution is 2.06. The van der Waals surface area contributed by atoms with Crippen LogP contribution in [0.3, 0.4) is 0 Å². The predicted molar refractivity (Wildman–Crippen MR) is 28.6 cm³/mol. The van der Waals surface area contributed by atoms with Gasteiger partial charge in [-0.2, -0.15) is 4.39 Å². The maximum Gasteiger partial charge on any atom is 0.195 e. The van der Waals surface area contributed by atoms with Crippen molar-refractivity contribution in [3.8, 4) is 0 Å². The van der Waals surface area contributed by atoms with Gasteiger partial charge in [0.15, 0.2) is 5.29 Å². The third kappa shape index (κ3) is 4.31. The van der Waals surface area contributed by atoms with Crippen molar-refractivity contribution in [2.75, 3.05) is 6.26 Å². The normalized spacial score (nSPS) is 12.2. The highest BCUT2D eigenvalue weighted by molar-refractivity contribution is 8.01. The van der Waals surface area contributed by atoms with Crippen molar-refractivity contribution < 1.29 is 4.39 Å². The summed E-state index contributed by atoms with van der Waals surface area (Å²) in [6.07, 6.45) is 1.74. The molecule has 0 fully saturated rings. The number of rotatable bonds is 1. The molecule has 0 saturated carbocycles. The molecule has 36 valence electrons. The highest BCUT2D eigenvalue weighted by atomic mass is 35.5. The van der Waals surface area contributed by atoms with Crippen LogP contribution in [0.4, 0.5) is 4.39 Å². The molecule has 0 rings (SSSR count). The molecule has 0 aliphatic heterocycles. The minimum Gasteiger partial charge on any atom is -0.193 e. The van der Waals surface area contributed by atoms with Crippen LogP contribution in [0, 0.1) is 0 Å². The standard InChI is InChI=1S/C3H4ClFS/c1-6-2-3(4)5/h2H,1H3/b3-2+. The Hall–Kier alpha value is 0.310. The molecule has 0 unspecified atom stereocenters. The lowest BCUT2D eigenvalue weighted by atomic mass is 11.2. The minimum absolute atomic E-state index is 0.650. The van der Waals surface area contributed by atoms with Gasteiger partial charge in [-0.05, 0) is 6.26 Å². The Kier molecular flexibility index (Phi) is 3.68. The molecule has 6 heavy (non-hydrogen) atoms. The van der Waals surface area contributed by atoms with Gasteiger partial charge in [0.05, 0.1) is 0 Å². The number of thioether (sulfide) groups is 1. The van der Waals surface area contributed by atoms with Crippen LogP contribution in [0.1, 0.15) is 0 Å². The lowest BCUT2D eigenvalue weighted by molar-refractivity contribution is 0.697. The molecule has 0 atom stereocenters. The van der Waals surface area contributed by atoms with Crippen LogP contribution in [0.5, 0.6) is 0 Å². The van der Waals surface area contributed by atoms with E-state index in [2.05, 4.69) is 0 Å². The molecule has 0 heterocycles. The monoisotopic (exact) mass is 126 g/mol. The molecule has 0 bridgehead atoms. The van der Waals surface area contributed by atoms with E-state index < -0.39 is 5.29 Å². The summed E-state index contributed by atoms with van der Waals surface area (Å²) < 4.78 is 11.3. The number of hydrogen-bond donors (Lipinski definition) is 0. The van der Waals surface area contributed by atoms with Crippen molar-refractivity contribution in [1.82, 2.24) is 0 Å². The van der Waals surface area contributed by atoms with Crippen LogP contribution < -0.4 is 0 Å². The van der Waals surface area contributed by atoms with Crippen molar-refractivity contribution in [2.45, 2.75) is 0 Å². The molecule has 0 N–H and O–H groups in total. The predicted octanol–water partition coefficient (Wildman–Crippen LogP) is 2.36. The summed E-state index contributed by atoms with van der Waals surface area (Å²) in [7, 11) is 0. The zero-order chi connectivity index (χ0) is 4.99. The lowest BCUT2D eigenvalue weighted by Crippen LogP contribution is -1.45. The molecule has 0 amide bonds. The Morgan fingerprint density at radius 1 is 2.00 bits per heavy atom. The van der Waals surface area contributed by atoms with Gasteiger partial charge in [-0.15, -0.1) is 11.8 Å². The van der Waals surface area contributed by atoms with Gasteiger partial charge in [0.25, 0.3) is 0 Å². The molecule has 0 aromatic carbocycles. The number of halogens is 2. The molecule has 0 radical (unpaired) electrons. The van der Waals surface area contributed by atoms with E-state index in [1.165, 1.54) is 17.2 Å². The zero-order valence-corrected chi connectivity index (χ0v) is 4.81. The van der Waals surface area contributed by atoms with Crippen molar-refractivity contribution in [3.05, 3.63) is 10.7 Å². The minimum atomic E-state index is -0.650. The summed E-state index contributed by atoms with van der Waals surface area (Å²) in [6, 6.07) is 0. The third-order valence-electron chi connectivity index (χ3n) is 0.207. The Bertz CT molecular complexity index is 57.8. The van der Waals surface area contributed by atoms with E-state index in [9.17, 15) is 4.39 Å². The third-order valence-corrected chi connectivity index (χ3v) is 0.888. The lowest BCUT2D eigenvalue weighted by Gasteiger charge is -1.72. The molecule has 0 spiro atoms. The van der Waals surface area contributed by atoms with Gasteiger partial charge < -0.3 is 0 Å². The van der Waals surface area contributed by atoms with Crippen molar-refractivity contribution in [1.29, 1.82) is 0 Å². The van der Waals surface area contributed by atoms with Crippen LogP contribution in [-0.4, -0.2) is 6.26 Å². The Morgan fingerprint density at radius 2 is 2.50 bits per heavy atom. The van der Waals surface area contributed by atoms with E-state index in [-0.39, 0.29) is 0 Å². The average Bonchev–Trinajstić information content (AvgIpc) is 1.35. The zero-order valence-electron chi connectivity index (χ0n) is 3.24. The first kappa shape index (κ1) is 6.31. The van der Waals surface area contributed by atoms with E-state index in [1.807, 2.05) is 0 Å². The summed E-state index contributed by atoms with van der Waals surface area (Å²) in [6.45, 7) is 0. The molecule has 0 aliphatic carbocycles. The largest absolute Gasteiger partial charge is 0.195 e. The maximum absolute atomic E-state index is 11.3. The van der Waals surface area contributed by atoms with E-state index in [1.54, 1.807) is 6.26 Å². The van der Waals surface area contributed by atoms with Crippen molar-refractivity contribution >= 4 is 23.4 Å². The van der Waals surface area contributed by atoms with E-state index in [4.69, 9.17) is 11.6 Å². The second-order valence-electron chi connectivity index (χ2n) is 0.643. The Balaban J connectivity index is 3.14. The maximum atomic E-state index is 11.3. The summed E-state index contributed by atoms with van der Waals surface area (Å²) in [5.74, 6) is 0. The molecular formula is C3H4ClFS. The average molecular weight is 127 g/mol. The summed E-state index contributed by atoms with van der Waals surface area (Å²) in [5, 5.41) is 0.573. The van der Waals surface area contributed by atoms with Gasteiger partial charge in [0, 0.05) is 5.41 Å². The smallest absolute Gasteiger partial charge is 0.193 e. The molecule has 0 aliphatic rings. The first-order valence-electron chi connectivity index (χ1n) is 1.31. The molecular weight excluding hydrogens is 123 g/mol. The van der Waals surface area contributed by atoms with Crippen LogP contribution in [0.25, 0.3) is 0 Å². The first-order chi connectivity index (χ1) is 2.77. The summed E-state index contributed by atoms with van der Waals surface area (Å²) >= 11 is 5.99. The highest BCUT2D eigenvalue weighted by Gasteiger charge is 1.76. The fourth-order valence-corrected chi connectivity index (χ4v) is 0.535. The molecule has 0 nitrogen and oxygen atoms in total. The van der Waals surface area contributed by atoms with Crippen LogP contribution in [-0.2, 0) is 0 Å². The van der Waals surface area contributed by atoms with E-state index >= 15 is 0 Å². The van der Waals surface area contributed by atoms with Gasteiger partial charge >= 0.3 is 0 Å². The van der Waals surface area contributed by atoms with Crippen LogP contribution in [0.15, 0.2) is 10.7 Å². The summed E-state index contributed by atoms with van der Waals surface area (Å²) in [4.78, 5) is 0. The topological polar surface area (TPSA) is 0 Å². The summed E-state index contributed by atoms with van der Waals surface area (Å²) in [5.41, 5.74) is 0.